The van der Waals surface area contributed by atoms with Gasteiger partial charge in [0.05, 0.1) is 5.69 Å². The third-order valence-electron chi connectivity index (χ3n) is 1.54. The van der Waals surface area contributed by atoms with E-state index < -0.39 is 5.91 Å². The van der Waals surface area contributed by atoms with Gasteiger partial charge in [0.25, 0.3) is 5.91 Å². The number of hydrogen-bond donors (Lipinski definition) is 2. The Balaban J connectivity index is 3.29. The molecule has 1 aromatic rings. The predicted molar refractivity (Wildman–Crippen MR) is 44.3 cm³/mol. The monoisotopic (exact) mass is 166 g/mol. The van der Waals surface area contributed by atoms with Crippen molar-refractivity contribution in [1.29, 1.82) is 0 Å². The molecule has 5 heteroatoms. The second kappa shape index (κ2) is 3.17. The molecule has 0 atom stereocenters. The van der Waals surface area contributed by atoms with Gasteiger partial charge in [0.2, 0.25) is 0 Å². The minimum absolute atomic E-state index is 0.148. The molecule has 0 saturated carbocycles. The summed E-state index contributed by atoms with van der Waals surface area (Å²) in [5, 5.41) is 0. The molecule has 0 aliphatic carbocycles. The average molecular weight is 166 g/mol. The molecule has 1 amide bonds. The second-order valence-electron chi connectivity index (χ2n) is 2.30. The Hall–Kier alpha value is -1.65. The lowest BCUT2D eigenvalue weighted by atomic mass is 10.1. The van der Waals surface area contributed by atoms with Crippen LogP contribution in [0, 0.1) is 0 Å². The molecule has 1 aromatic heterocycles. The maximum atomic E-state index is 10.9. The summed E-state index contributed by atoms with van der Waals surface area (Å²) in [5.74, 6) is -0.431. The zero-order valence-corrected chi connectivity index (χ0v) is 6.74. The van der Waals surface area contributed by atoms with Crippen LogP contribution in [-0.2, 0) is 6.42 Å². The molecule has 1 rings (SSSR count). The van der Waals surface area contributed by atoms with Crippen molar-refractivity contribution in [2.75, 3.05) is 5.73 Å². The molecule has 0 unspecified atom stereocenters. The Bertz CT molecular complexity index is 310. The summed E-state index contributed by atoms with van der Waals surface area (Å²) in [4.78, 5) is 18.4. The second-order valence-corrected chi connectivity index (χ2v) is 2.30. The molecule has 0 aromatic carbocycles. The quantitative estimate of drug-likeness (QED) is 0.631. The molecule has 64 valence electrons. The van der Waals surface area contributed by atoms with Crippen LogP contribution in [0.15, 0.2) is 6.33 Å². The summed E-state index contributed by atoms with van der Waals surface area (Å²) < 4.78 is 0. The molecule has 4 N–H and O–H groups in total. The van der Waals surface area contributed by atoms with Crippen molar-refractivity contribution in [3.05, 3.63) is 17.6 Å². The van der Waals surface area contributed by atoms with Crippen LogP contribution in [0.5, 0.6) is 0 Å². The lowest BCUT2D eigenvalue weighted by Gasteiger charge is -2.03. The molecule has 5 nitrogen and oxygen atoms in total. The van der Waals surface area contributed by atoms with Gasteiger partial charge >= 0.3 is 0 Å². The van der Waals surface area contributed by atoms with E-state index in [1.165, 1.54) is 6.33 Å². The van der Waals surface area contributed by atoms with Crippen molar-refractivity contribution < 1.29 is 4.79 Å². The first-order chi connectivity index (χ1) is 5.66. The van der Waals surface area contributed by atoms with E-state index >= 15 is 0 Å². The number of aromatic nitrogens is 2. The van der Waals surface area contributed by atoms with Gasteiger partial charge < -0.3 is 11.5 Å². The summed E-state index contributed by atoms with van der Waals surface area (Å²) in [6, 6.07) is 0. The molecule has 0 radical (unpaired) electrons. The van der Waals surface area contributed by atoms with Gasteiger partial charge in [-0.1, -0.05) is 6.92 Å². The number of aryl methyl sites for hydroxylation is 1. The zero-order chi connectivity index (χ0) is 9.14. The van der Waals surface area contributed by atoms with Gasteiger partial charge in [0.1, 0.15) is 17.7 Å². The smallest absolute Gasteiger partial charge is 0.254 e. The van der Waals surface area contributed by atoms with Crippen LogP contribution < -0.4 is 11.5 Å². The third-order valence-corrected chi connectivity index (χ3v) is 1.54. The first-order valence-corrected chi connectivity index (χ1v) is 3.56. The summed E-state index contributed by atoms with van der Waals surface area (Å²) in [6.45, 7) is 1.87. The molecule has 1 heterocycles. The van der Waals surface area contributed by atoms with Crippen molar-refractivity contribution in [3.8, 4) is 0 Å². The fourth-order valence-electron chi connectivity index (χ4n) is 0.974. The predicted octanol–water partition coefficient (Wildman–Crippen LogP) is -0.280. The fraction of sp³-hybridized carbons (Fsp3) is 0.286. The highest BCUT2D eigenvalue weighted by molar-refractivity contribution is 5.98. The summed E-state index contributed by atoms with van der Waals surface area (Å²) in [7, 11) is 0. The van der Waals surface area contributed by atoms with E-state index in [1.54, 1.807) is 0 Å². The van der Waals surface area contributed by atoms with Crippen LogP contribution in [0.3, 0.4) is 0 Å². The Labute approximate surface area is 69.8 Å². The highest BCUT2D eigenvalue weighted by atomic mass is 16.1. The van der Waals surface area contributed by atoms with Gasteiger partial charge in [-0.05, 0) is 6.42 Å². The number of primary amides is 1. The number of nitrogens with two attached hydrogens (primary N) is 2. The minimum Gasteiger partial charge on any atom is -0.383 e. The number of nitrogen functional groups attached to an aromatic ring is 1. The van der Waals surface area contributed by atoms with E-state index in [9.17, 15) is 4.79 Å². The molecule has 0 fully saturated rings. The Kier molecular flexibility index (Phi) is 2.23. The molecule has 12 heavy (non-hydrogen) atoms. The molecule has 0 aliphatic heterocycles. The molecular weight excluding hydrogens is 156 g/mol. The summed E-state index contributed by atoms with van der Waals surface area (Å²) in [6.07, 6.45) is 1.94. The van der Waals surface area contributed by atoms with E-state index in [0.717, 1.165) is 0 Å². The minimum atomic E-state index is -0.579. The number of hydrogen-bond acceptors (Lipinski definition) is 4. The largest absolute Gasteiger partial charge is 0.383 e. The normalized spacial score (nSPS) is 9.75. The number of rotatable bonds is 2. The number of amides is 1. The number of nitrogens with zero attached hydrogens (tertiary/aromatic N) is 2. The summed E-state index contributed by atoms with van der Waals surface area (Å²) >= 11 is 0. The van der Waals surface area contributed by atoms with Gasteiger partial charge in [0.15, 0.2) is 0 Å². The van der Waals surface area contributed by atoms with Gasteiger partial charge in [-0.25, -0.2) is 9.97 Å². The maximum absolute atomic E-state index is 10.9. The molecule has 0 aliphatic rings. The molecular formula is C7H10N4O. The topological polar surface area (TPSA) is 94.9 Å². The third kappa shape index (κ3) is 1.34. The van der Waals surface area contributed by atoms with Crippen molar-refractivity contribution in [2.24, 2.45) is 5.73 Å². The molecule has 0 saturated heterocycles. The maximum Gasteiger partial charge on any atom is 0.254 e. The van der Waals surface area contributed by atoms with Gasteiger partial charge in [-0.3, -0.25) is 4.79 Å². The lowest BCUT2D eigenvalue weighted by Crippen LogP contribution is -2.18. The highest BCUT2D eigenvalue weighted by Gasteiger charge is 2.12. The lowest BCUT2D eigenvalue weighted by molar-refractivity contribution is 0.0999. The van der Waals surface area contributed by atoms with Crippen molar-refractivity contribution >= 4 is 11.7 Å². The van der Waals surface area contributed by atoms with E-state index in [0.29, 0.717) is 12.1 Å². The zero-order valence-electron chi connectivity index (χ0n) is 6.74. The van der Waals surface area contributed by atoms with Crippen LogP contribution in [0.25, 0.3) is 0 Å². The van der Waals surface area contributed by atoms with Crippen LogP contribution >= 0.6 is 0 Å². The highest BCUT2D eigenvalue weighted by Crippen LogP contribution is 2.10. The van der Waals surface area contributed by atoms with E-state index in [-0.39, 0.29) is 11.4 Å². The van der Waals surface area contributed by atoms with Crippen LogP contribution in [0.1, 0.15) is 23.0 Å². The first kappa shape index (κ1) is 8.45. The number of carbonyl (C=O) groups is 1. The van der Waals surface area contributed by atoms with Crippen LogP contribution in [-0.4, -0.2) is 15.9 Å². The Morgan fingerprint density at radius 2 is 2.25 bits per heavy atom. The van der Waals surface area contributed by atoms with E-state index in [4.69, 9.17) is 11.5 Å². The van der Waals surface area contributed by atoms with Crippen molar-refractivity contribution in [1.82, 2.24) is 9.97 Å². The van der Waals surface area contributed by atoms with Crippen LogP contribution in [0.2, 0.25) is 0 Å². The van der Waals surface area contributed by atoms with Gasteiger partial charge in [-0.2, -0.15) is 0 Å². The Morgan fingerprint density at radius 3 is 2.67 bits per heavy atom. The van der Waals surface area contributed by atoms with Crippen molar-refractivity contribution in [3.63, 3.8) is 0 Å². The van der Waals surface area contributed by atoms with E-state index in [1.807, 2.05) is 6.92 Å². The summed E-state index contributed by atoms with van der Waals surface area (Å²) in [5.41, 5.74) is 11.4. The van der Waals surface area contributed by atoms with E-state index in [2.05, 4.69) is 9.97 Å². The van der Waals surface area contributed by atoms with Gasteiger partial charge in [0, 0.05) is 0 Å². The fourth-order valence-corrected chi connectivity index (χ4v) is 0.974. The standard InChI is InChI=1S/C7H10N4O/c1-2-4-5(7(9)12)6(8)11-3-10-4/h3H,2H2,1H3,(H2,9,12)(H2,8,10,11). The number of anilines is 1. The number of carbonyl (C=O) groups excluding carboxylic acids is 1. The van der Waals surface area contributed by atoms with Gasteiger partial charge in [-0.15, -0.1) is 0 Å². The Morgan fingerprint density at radius 1 is 1.58 bits per heavy atom. The SMILES string of the molecule is CCc1ncnc(N)c1C(N)=O. The molecule has 0 spiro atoms. The first-order valence-electron chi connectivity index (χ1n) is 3.56. The molecule has 0 bridgehead atoms. The van der Waals surface area contributed by atoms with Crippen molar-refractivity contribution in [2.45, 2.75) is 13.3 Å². The average Bonchev–Trinajstić information content (AvgIpc) is 2.03. The van der Waals surface area contributed by atoms with Crippen LogP contribution in [0.4, 0.5) is 5.82 Å².